The number of carbonyl (C=O) groups is 2. The van der Waals surface area contributed by atoms with Crippen LogP contribution < -0.4 is 9.62 Å². The molecule has 2 amide bonds. The van der Waals surface area contributed by atoms with Crippen LogP contribution in [0, 0.1) is 5.92 Å². The fourth-order valence-corrected chi connectivity index (χ4v) is 6.36. The molecule has 230 valence electrons. The zero-order chi connectivity index (χ0) is 31.7. The van der Waals surface area contributed by atoms with Gasteiger partial charge in [-0.1, -0.05) is 116 Å². The first-order valence-corrected chi connectivity index (χ1v) is 16.4. The first-order chi connectivity index (χ1) is 21.1. The maximum Gasteiger partial charge on any atom is 0.264 e. The van der Waals surface area contributed by atoms with E-state index < -0.39 is 28.5 Å². The second-order valence-electron chi connectivity index (χ2n) is 10.8. The van der Waals surface area contributed by atoms with Gasteiger partial charge in [0.25, 0.3) is 10.0 Å². The summed E-state index contributed by atoms with van der Waals surface area (Å²) < 4.78 is 29.0. The van der Waals surface area contributed by atoms with Crippen LogP contribution in [0.3, 0.4) is 0 Å². The lowest BCUT2D eigenvalue weighted by Crippen LogP contribution is -2.53. The smallest absolute Gasteiger partial charge is 0.264 e. The van der Waals surface area contributed by atoms with Crippen LogP contribution in [0.25, 0.3) is 0 Å². The molecule has 0 radical (unpaired) electrons. The number of sulfonamides is 1. The third-order valence-corrected chi connectivity index (χ3v) is 9.48. The zero-order valence-corrected chi connectivity index (χ0v) is 26.9. The van der Waals surface area contributed by atoms with Crippen molar-refractivity contribution >= 4 is 50.7 Å². The quantitative estimate of drug-likeness (QED) is 0.176. The van der Waals surface area contributed by atoms with Gasteiger partial charge in [-0.05, 0) is 47.4 Å². The second kappa shape index (κ2) is 15.2. The molecular weight excluding hydrogens is 617 g/mol. The van der Waals surface area contributed by atoms with E-state index in [1.165, 1.54) is 35.2 Å². The minimum absolute atomic E-state index is 0.00370. The highest BCUT2D eigenvalue weighted by atomic mass is 35.5. The van der Waals surface area contributed by atoms with Crippen LogP contribution in [0.4, 0.5) is 5.69 Å². The SMILES string of the molecule is CC(C)CNC(=O)[C@@H](Cc1ccccc1)N(Cc1ccccc1)C(=O)CN(c1ccc(Cl)c(Cl)c1)S(=O)(=O)c1ccccc1. The summed E-state index contributed by atoms with van der Waals surface area (Å²) in [6.07, 6.45) is 0.238. The summed E-state index contributed by atoms with van der Waals surface area (Å²) in [4.78, 5) is 29.7. The second-order valence-corrected chi connectivity index (χ2v) is 13.5. The fourth-order valence-electron chi connectivity index (χ4n) is 4.65. The van der Waals surface area contributed by atoms with Crippen molar-refractivity contribution in [2.45, 2.75) is 37.8 Å². The van der Waals surface area contributed by atoms with Crippen LogP contribution in [0.1, 0.15) is 25.0 Å². The molecule has 0 aliphatic carbocycles. The van der Waals surface area contributed by atoms with Crippen LogP contribution in [0.2, 0.25) is 10.0 Å². The highest BCUT2D eigenvalue weighted by molar-refractivity contribution is 7.92. The van der Waals surface area contributed by atoms with Gasteiger partial charge in [0, 0.05) is 19.5 Å². The van der Waals surface area contributed by atoms with Crippen molar-refractivity contribution in [1.29, 1.82) is 0 Å². The van der Waals surface area contributed by atoms with Gasteiger partial charge >= 0.3 is 0 Å². The molecule has 1 N–H and O–H groups in total. The maximum atomic E-state index is 14.4. The third kappa shape index (κ3) is 8.62. The molecule has 44 heavy (non-hydrogen) atoms. The van der Waals surface area contributed by atoms with Crippen molar-refractivity contribution in [3.63, 3.8) is 0 Å². The van der Waals surface area contributed by atoms with E-state index in [2.05, 4.69) is 5.32 Å². The zero-order valence-electron chi connectivity index (χ0n) is 24.6. The van der Waals surface area contributed by atoms with Gasteiger partial charge in [0.05, 0.1) is 20.6 Å². The molecule has 7 nitrogen and oxygen atoms in total. The van der Waals surface area contributed by atoms with Crippen molar-refractivity contribution in [1.82, 2.24) is 10.2 Å². The Balaban J connectivity index is 1.79. The van der Waals surface area contributed by atoms with Crippen molar-refractivity contribution < 1.29 is 18.0 Å². The summed E-state index contributed by atoms with van der Waals surface area (Å²) in [5.41, 5.74) is 1.82. The van der Waals surface area contributed by atoms with E-state index in [1.807, 2.05) is 74.5 Å². The molecule has 10 heteroatoms. The summed E-state index contributed by atoms with van der Waals surface area (Å²) in [5.74, 6) is -0.686. The van der Waals surface area contributed by atoms with Crippen LogP contribution in [0.15, 0.2) is 114 Å². The van der Waals surface area contributed by atoms with E-state index in [-0.39, 0.29) is 45.4 Å². The number of benzene rings is 4. The van der Waals surface area contributed by atoms with Gasteiger partial charge in [-0.15, -0.1) is 0 Å². The van der Waals surface area contributed by atoms with E-state index in [0.29, 0.717) is 6.54 Å². The number of hydrogen-bond acceptors (Lipinski definition) is 4. The van der Waals surface area contributed by atoms with E-state index >= 15 is 0 Å². The van der Waals surface area contributed by atoms with Crippen LogP contribution in [-0.4, -0.2) is 44.3 Å². The Morgan fingerprint density at radius 1 is 0.773 bits per heavy atom. The number of carbonyl (C=O) groups excluding carboxylic acids is 2. The first-order valence-electron chi connectivity index (χ1n) is 14.2. The van der Waals surface area contributed by atoms with E-state index in [1.54, 1.807) is 18.2 Å². The topological polar surface area (TPSA) is 86.8 Å². The molecule has 1 atom stereocenters. The van der Waals surface area contributed by atoms with Gasteiger partial charge in [0.1, 0.15) is 12.6 Å². The molecule has 0 unspecified atom stereocenters. The summed E-state index contributed by atoms with van der Waals surface area (Å²) in [7, 11) is -4.23. The van der Waals surface area contributed by atoms with Gasteiger partial charge in [-0.3, -0.25) is 13.9 Å². The molecule has 4 rings (SSSR count). The van der Waals surface area contributed by atoms with Gasteiger partial charge in [-0.25, -0.2) is 8.42 Å². The summed E-state index contributed by atoms with van der Waals surface area (Å²) in [6.45, 7) is 3.92. The Morgan fingerprint density at radius 2 is 1.34 bits per heavy atom. The van der Waals surface area contributed by atoms with E-state index in [9.17, 15) is 18.0 Å². The van der Waals surface area contributed by atoms with E-state index in [0.717, 1.165) is 15.4 Å². The molecule has 0 aliphatic heterocycles. The fraction of sp³-hybridized carbons (Fsp3) is 0.235. The third-order valence-electron chi connectivity index (χ3n) is 6.95. The van der Waals surface area contributed by atoms with Crippen molar-refractivity contribution in [2.75, 3.05) is 17.4 Å². The Morgan fingerprint density at radius 3 is 1.91 bits per heavy atom. The first kappa shape index (κ1) is 33.1. The van der Waals surface area contributed by atoms with Crippen molar-refractivity contribution in [3.8, 4) is 0 Å². The molecule has 0 bridgehead atoms. The predicted molar refractivity (Wildman–Crippen MR) is 176 cm³/mol. The maximum absolute atomic E-state index is 14.4. The summed E-state index contributed by atoms with van der Waals surface area (Å²) >= 11 is 12.5. The molecule has 0 saturated carbocycles. The largest absolute Gasteiger partial charge is 0.354 e. The average molecular weight is 653 g/mol. The Labute approximate surface area is 269 Å². The van der Waals surface area contributed by atoms with Crippen LogP contribution in [-0.2, 0) is 32.6 Å². The molecule has 4 aromatic rings. The number of nitrogens with zero attached hydrogens (tertiary/aromatic N) is 2. The Hall–Kier alpha value is -3.85. The summed E-state index contributed by atoms with van der Waals surface area (Å²) in [6, 6.07) is 30.1. The van der Waals surface area contributed by atoms with Crippen LogP contribution in [0.5, 0.6) is 0 Å². The van der Waals surface area contributed by atoms with Gasteiger partial charge < -0.3 is 10.2 Å². The van der Waals surface area contributed by atoms with Gasteiger partial charge in [-0.2, -0.15) is 0 Å². The number of rotatable bonds is 13. The molecule has 0 spiro atoms. The predicted octanol–water partition coefficient (Wildman–Crippen LogP) is 6.60. The highest BCUT2D eigenvalue weighted by Gasteiger charge is 2.34. The molecule has 0 fully saturated rings. The minimum Gasteiger partial charge on any atom is -0.354 e. The molecular formula is C34H35Cl2N3O4S. The minimum atomic E-state index is -4.23. The van der Waals surface area contributed by atoms with Crippen LogP contribution >= 0.6 is 23.2 Å². The standard InChI is InChI=1S/C34H35Cl2N3O4S/c1-25(2)22-37-34(41)32(20-26-12-6-3-7-13-26)38(23-27-14-8-4-9-15-27)33(40)24-39(28-18-19-30(35)31(36)21-28)44(42,43)29-16-10-5-11-17-29/h3-19,21,25,32H,20,22-24H2,1-2H3,(H,37,41)/t32-/m1/s1. The Bertz CT molecular complexity index is 1650. The van der Waals surface area contributed by atoms with Gasteiger partial charge in [0.15, 0.2) is 0 Å². The lowest BCUT2D eigenvalue weighted by atomic mass is 10.0. The lowest BCUT2D eigenvalue weighted by molar-refractivity contribution is -0.140. The number of hydrogen-bond donors (Lipinski definition) is 1. The molecule has 4 aromatic carbocycles. The average Bonchev–Trinajstić information content (AvgIpc) is 3.03. The molecule has 0 aliphatic rings. The number of nitrogens with one attached hydrogen (secondary N) is 1. The number of amides is 2. The lowest BCUT2D eigenvalue weighted by Gasteiger charge is -2.34. The normalized spacial score (nSPS) is 12.0. The molecule has 0 saturated heterocycles. The highest BCUT2D eigenvalue weighted by Crippen LogP contribution is 2.31. The van der Waals surface area contributed by atoms with Gasteiger partial charge in [0.2, 0.25) is 11.8 Å². The number of halogens is 2. The van der Waals surface area contributed by atoms with Crippen molar-refractivity contribution in [2.24, 2.45) is 5.92 Å². The molecule has 0 heterocycles. The monoisotopic (exact) mass is 651 g/mol. The van der Waals surface area contributed by atoms with E-state index in [4.69, 9.17) is 23.2 Å². The number of anilines is 1. The van der Waals surface area contributed by atoms with Crippen molar-refractivity contribution in [3.05, 3.63) is 130 Å². The summed E-state index contributed by atoms with van der Waals surface area (Å²) in [5, 5.41) is 3.37. The molecule has 0 aromatic heterocycles. The Kier molecular flexibility index (Phi) is 11.4.